The highest BCUT2D eigenvalue weighted by molar-refractivity contribution is 5.75. The van der Waals surface area contributed by atoms with Crippen molar-refractivity contribution in [2.45, 2.75) is 18.5 Å². The van der Waals surface area contributed by atoms with E-state index < -0.39 is 74.2 Å². The SMILES string of the molecule is N#CC(C#N)=c1cc(Oc2cccc(C(F)(F)F)c2)/c(=C(/C#N)C(F)(F)F)cc1Oc1cccc(C(F)(F)F)c1. The van der Waals surface area contributed by atoms with E-state index in [0.29, 0.717) is 36.4 Å². The lowest BCUT2D eigenvalue weighted by Gasteiger charge is -2.15. The van der Waals surface area contributed by atoms with Gasteiger partial charge in [0.05, 0.1) is 11.1 Å². The second-order valence-corrected chi connectivity index (χ2v) is 7.68. The smallest absolute Gasteiger partial charge is 0.426 e. The number of halogens is 9. The molecule has 204 valence electrons. The Balaban J connectivity index is 2.39. The van der Waals surface area contributed by atoms with Gasteiger partial charge < -0.3 is 9.47 Å². The van der Waals surface area contributed by atoms with Crippen molar-refractivity contribution in [3.05, 3.63) is 82.2 Å². The van der Waals surface area contributed by atoms with Gasteiger partial charge in [-0.25, -0.2) is 0 Å². The fraction of sp³-hybridized carbons (Fsp3) is 0.115. The van der Waals surface area contributed by atoms with Crippen molar-refractivity contribution in [2.24, 2.45) is 0 Å². The van der Waals surface area contributed by atoms with E-state index in [-0.39, 0.29) is 0 Å². The summed E-state index contributed by atoms with van der Waals surface area (Å²) in [6.45, 7) is 0. The predicted molar refractivity (Wildman–Crippen MR) is 118 cm³/mol. The molecule has 0 aromatic heterocycles. The van der Waals surface area contributed by atoms with Gasteiger partial charge in [0.15, 0.2) is 0 Å². The van der Waals surface area contributed by atoms with Gasteiger partial charge in [-0.2, -0.15) is 55.3 Å². The molecule has 0 aliphatic carbocycles. The van der Waals surface area contributed by atoms with Crippen LogP contribution in [-0.4, -0.2) is 6.18 Å². The zero-order chi connectivity index (χ0) is 29.9. The Morgan fingerprint density at radius 2 is 1.00 bits per heavy atom. The summed E-state index contributed by atoms with van der Waals surface area (Å²) >= 11 is 0. The molecule has 0 N–H and O–H groups in total. The molecule has 0 atom stereocenters. The third kappa shape index (κ3) is 6.63. The van der Waals surface area contributed by atoms with E-state index in [9.17, 15) is 55.3 Å². The fourth-order valence-corrected chi connectivity index (χ4v) is 3.27. The van der Waals surface area contributed by atoms with Crippen molar-refractivity contribution in [1.29, 1.82) is 15.8 Å². The Morgan fingerprint density at radius 1 is 0.575 bits per heavy atom. The molecular formula is C26H10F9N3O2. The van der Waals surface area contributed by atoms with Crippen LogP contribution in [0.5, 0.6) is 23.0 Å². The molecule has 14 heteroatoms. The molecule has 0 aliphatic heterocycles. The molecule has 40 heavy (non-hydrogen) atoms. The minimum atomic E-state index is -5.34. The lowest BCUT2D eigenvalue weighted by atomic mass is 10.1. The lowest BCUT2D eigenvalue weighted by Crippen LogP contribution is -2.24. The topological polar surface area (TPSA) is 89.8 Å². The standard InChI is InChI=1S/C26H10F9N3O2/c27-24(28,29)15-3-1-5-17(7-15)39-22-10-20(21(13-38)26(33,34)35)23(9-19(22)14(11-36)12-37)40-18-6-2-4-16(8-18)25(30,31)32/h1-10H/b21-20-. The average Bonchev–Trinajstić information content (AvgIpc) is 2.85. The van der Waals surface area contributed by atoms with E-state index in [1.54, 1.807) is 0 Å². The Labute approximate surface area is 218 Å². The first kappa shape index (κ1) is 29.4. The summed E-state index contributed by atoms with van der Waals surface area (Å²) in [5.41, 5.74) is -5.13. The molecule has 0 spiro atoms. The maximum absolute atomic E-state index is 13.7. The van der Waals surface area contributed by atoms with Crippen molar-refractivity contribution < 1.29 is 49.0 Å². The maximum Gasteiger partial charge on any atom is 0.426 e. The third-order valence-electron chi connectivity index (χ3n) is 5.02. The van der Waals surface area contributed by atoms with Crippen LogP contribution >= 0.6 is 0 Å². The zero-order valence-corrected chi connectivity index (χ0v) is 19.3. The van der Waals surface area contributed by atoms with Crippen LogP contribution < -0.4 is 19.9 Å². The molecule has 0 fully saturated rings. The molecular weight excluding hydrogens is 557 g/mol. The van der Waals surface area contributed by atoms with Crippen LogP contribution in [0.4, 0.5) is 39.5 Å². The molecule has 0 bridgehead atoms. The molecule has 5 nitrogen and oxygen atoms in total. The fourth-order valence-electron chi connectivity index (χ4n) is 3.27. The number of ether oxygens (including phenoxy) is 2. The van der Waals surface area contributed by atoms with Crippen molar-refractivity contribution in [1.82, 2.24) is 0 Å². The summed E-state index contributed by atoms with van der Waals surface area (Å²) in [7, 11) is 0. The van der Waals surface area contributed by atoms with E-state index in [2.05, 4.69) is 0 Å². The normalized spacial score (nSPS) is 12.4. The molecule has 0 amide bonds. The van der Waals surface area contributed by atoms with Gasteiger partial charge in [-0.15, -0.1) is 0 Å². The van der Waals surface area contributed by atoms with Crippen LogP contribution in [0.15, 0.2) is 60.7 Å². The Morgan fingerprint density at radius 3 is 1.38 bits per heavy atom. The molecule has 0 unspecified atom stereocenters. The van der Waals surface area contributed by atoms with Crippen molar-refractivity contribution in [3.8, 4) is 41.2 Å². The molecule has 0 heterocycles. The van der Waals surface area contributed by atoms with Gasteiger partial charge in [-0.3, -0.25) is 0 Å². The second kappa shape index (κ2) is 10.9. The number of nitrogens with zero attached hydrogens (tertiary/aromatic N) is 3. The summed E-state index contributed by atoms with van der Waals surface area (Å²) in [5, 5.41) is 26.3. The van der Waals surface area contributed by atoms with Gasteiger partial charge in [-0.1, -0.05) is 12.1 Å². The van der Waals surface area contributed by atoms with Crippen LogP contribution in [0.2, 0.25) is 0 Å². The van der Waals surface area contributed by atoms with Crippen LogP contribution in [0.3, 0.4) is 0 Å². The Kier molecular flexibility index (Phi) is 8.02. The maximum atomic E-state index is 13.7. The van der Waals surface area contributed by atoms with Crippen molar-refractivity contribution >= 4 is 11.1 Å². The quantitative estimate of drug-likeness (QED) is 0.326. The highest BCUT2D eigenvalue weighted by atomic mass is 19.4. The Bertz CT molecular complexity index is 1690. The zero-order valence-electron chi connectivity index (χ0n) is 19.3. The predicted octanol–water partition coefficient (Wildman–Crippen LogP) is 6.74. The third-order valence-corrected chi connectivity index (χ3v) is 5.02. The van der Waals surface area contributed by atoms with Crippen molar-refractivity contribution in [2.75, 3.05) is 0 Å². The van der Waals surface area contributed by atoms with Crippen molar-refractivity contribution in [3.63, 3.8) is 0 Å². The summed E-state index contributed by atoms with van der Waals surface area (Å²) in [5.74, 6) is -2.83. The number of hydrogen-bond acceptors (Lipinski definition) is 5. The number of alkyl halides is 9. The number of hydrogen-bond donors (Lipinski definition) is 0. The van der Waals surface area contributed by atoms with Gasteiger partial charge in [0.1, 0.15) is 52.4 Å². The summed E-state index contributed by atoms with van der Waals surface area (Å²) < 4.78 is 131. The van der Waals surface area contributed by atoms with E-state index in [0.717, 1.165) is 30.3 Å². The first-order chi connectivity index (χ1) is 18.6. The molecule has 0 radical (unpaired) electrons. The molecule has 0 saturated carbocycles. The van der Waals surface area contributed by atoms with Gasteiger partial charge >= 0.3 is 18.5 Å². The monoisotopic (exact) mass is 567 g/mol. The average molecular weight is 567 g/mol. The van der Waals surface area contributed by atoms with E-state index in [1.165, 1.54) is 12.1 Å². The van der Waals surface area contributed by atoms with Gasteiger partial charge in [-0.05, 0) is 48.5 Å². The largest absolute Gasteiger partial charge is 0.457 e. The summed E-state index contributed by atoms with van der Waals surface area (Å²) in [4.78, 5) is 0. The molecule has 0 saturated heterocycles. The second-order valence-electron chi connectivity index (χ2n) is 7.68. The minimum Gasteiger partial charge on any atom is -0.457 e. The van der Waals surface area contributed by atoms with Gasteiger partial charge in [0.25, 0.3) is 0 Å². The first-order valence-electron chi connectivity index (χ1n) is 10.5. The molecule has 3 aromatic carbocycles. The first-order valence-corrected chi connectivity index (χ1v) is 10.5. The molecule has 3 aromatic rings. The van der Waals surface area contributed by atoms with Gasteiger partial charge in [0.2, 0.25) is 0 Å². The van der Waals surface area contributed by atoms with E-state index >= 15 is 0 Å². The number of rotatable bonds is 4. The summed E-state index contributed by atoms with van der Waals surface area (Å²) in [6, 6.07) is 11.0. The van der Waals surface area contributed by atoms with Crippen LogP contribution in [0, 0.1) is 34.0 Å². The molecule has 0 aliphatic rings. The van der Waals surface area contributed by atoms with Crippen LogP contribution in [0.25, 0.3) is 11.1 Å². The lowest BCUT2D eigenvalue weighted by molar-refractivity contribution is -0.138. The highest BCUT2D eigenvalue weighted by Gasteiger charge is 2.36. The van der Waals surface area contributed by atoms with Crippen LogP contribution in [-0.2, 0) is 12.4 Å². The summed E-state index contributed by atoms with van der Waals surface area (Å²) in [6.07, 6.45) is -15.0. The Hall–Kier alpha value is -5.16. The molecule has 3 rings (SSSR count). The van der Waals surface area contributed by atoms with Gasteiger partial charge in [0, 0.05) is 10.4 Å². The van der Waals surface area contributed by atoms with Crippen LogP contribution in [0.1, 0.15) is 11.1 Å². The minimum absolute atomic E-state index is 0.454. The highest BCUT2D eigenvalue weighted by Crippen LogP contribution is 2.34. The van der Waals surface area contributed by atoms with E-state index in [1.807, 2.05) is 0 Å². The number of benzene rings is 3. The number of nitriles is 3. The van der Waals surface area contributed by atoms with E-state index in [4.69, 9.17) is 9.47 Å².